The highest BCUT2D eigenvalue weighted by molar-refractivity contribution is 5.87. The number of carbonyl (C=O) groups excluding carboxylic acids is 1. The van der Waals surface area contributed by atoms with Crippen LogP contribution in [0.25, 0.3) is 22.1 Å². The van der Waals surface area contributed by atoms with E-state index in [1.807, 2.05) is 12.1 Å². The lowest BCUT2D eigenvalue weighted by Crippen LogP contribution is -2.16. The zero-order chi connectivity index (χ0) is 21.6. The maximum atomic E-state index is 13.3. The molecule has 0 spiro atoms. The number of hydrogen-bond donors (Lipinski definition) is 0. The minimum Gasteiger partial charge on any atom is -0.492 e. The first-order valence-electron chi connectivity index (χ1n) is 10.6. The predicted octanol–water partition coefficient (Wildman–Crippen LogP) is 4.97. The molecule has 1 aliphatic carbocycles. The molecule has 1 saturated carbocycles. The van der Waals surface area contributed by atoms with E-state index in [0.29, 0.717) is 46.1 Å². The highest BCUT2D eigenvalue weighted by Crippen LogP contribution is 2.29. The van der Waals surface area contributed by atoms with Gasteiger partial charge in [-0.2, -0.15) is 0 Å². The van der Waals surface area contributed by atoms with Gasteiger partial charge in [-0.3, -0.25) is 4.79 Å². The molecule has 162 valence electrons. The quantitative estimate of drug-likeness (QED) is 0.501. The SMILES string of the molecule is COC(=O)COc1ccc(-c2coc3cccc(OCC4CCCCC4)c3c2=O)cc1. The van der Waals surface area contributed by atoms with Crippen LogP contribution in [0.4, 0.5) is 0 Å². The Labute approximate surface area is 180 Å². The van der Waals surface area contributed by atoms with Gasteiger partial charge in [0.05, 0.1) is 19.3 Å². The number of benzene rings is 2. The highest BCUT2D eigenvalue weighted by atomic mass is 16.6. The summed E-state index contributed by atoms with van der Waals surface area (Å²) < 4.78 is 21.8. The van der Waals surface area contributed by atoms with Crippen LogP contribution in [0, 0.1) is 5.92 Å². The van der Waals surface area contributed by atoms with Gasteiger partial charge >= 0.3 is 5.97 Å². The minimum absolute atomic E-state index is 0.135. The molecule has 1 heterocycles. The van der Waals surface area contributed by atoms with Gasteiger partial charge in [0.15, 0.2) is 6.61 Å². The summed E-state index contributed by atoms with van der Waals surface area (Å²) in [4.78, 5) is 24.5. The van der Waals surface area contributed by atoms with Crippen LogP contribution in [0.1, 0.15) is 32.1 Å². The van der Waals surface area contributed by atoms with E-state index in [4.69, 9.17) is 13.9 Å². The van der Waals surface area contributed by atoms with E-state index in [1.54, 1.807) is 30.3 Å². The first-order valence-corrected chi connectivity index (χ1v) is 10.6. The van der Waals surface area contributed by atoms with E-state index in [1.165, 1.54) is 45.5 Å². The third-order valence-electron chi connectivity index (χ3n) is 5.71. The van der Waals surface area contributed by atoms with E-state index in [9.17, 15) is 9.59 Å². The fourth-order valence-corrected chi connectivity index (χ4v) is 3.96. The number of esters is 1. The van der Waals surface area contributed by atoms with Crippen LogP contribution in [0.5, 0.6) is 11.5 Å². The van der Waals surface area contributed by atoms with Gasteiger partial charge in [0, 0.05) is 0 Å². The van der Waals surface area contributed by atoms with Crippen molar-refractivity contribution in [1.82, 2.24) is 0 Å². The third kappa shape index (κ3) is 4.90. The van der Waals surface area contributed by atoms with Crippen LogP contribution < -0.4 is 14.9 Å². The number of hydrogen-bond acceptors (Lipinski definition) is 6. The van der Waals surface area contributed by atoms with Crippen molar-refractivity contribution in [1.29, 1.82) is 0 Å². The molecule has 31 heavy (non-hydrogen) atoms. The Morgan fingerprint density at radius 1 is 1.03 bits per heavy atom. The minimum atomic E-state index is -0.458. The maximum absolute atomic E-state index is 13.3. The maximum Gasteiger partial charge on any atom is 0.343 e. The van der Waals surface area contributed by atoms with E-state index >= 15 is 0 Å². The van der Waals surface area contributed by atoms with Crippen LogP contribution in [-0.2, 0) is 9.53 Å². The largest absolute Gasteiger partial charge is 0.492 e. The predicted molar refractivity (Wildman–Crippen MR) is 118 cm³/mol. The molecular weight excluding hydrogens is 396 g/mol. The second kappa shape index (κ2) is 9.69. The normalized spacial score (nSPS) is 14.4. The Morgan fingerprint density at radius 2 is 1.81 bits per heavy atom. The molecule has 0 bridgehead atoms. The number of rotatable bonds is 7. The molecule has 6 heteroatoms. The summed E-state index contributed by atoms with van der Waals surface area (Å²) in [6.07, 6.45) is 7.61. The summed E-state index contributed by atoms with van der Waals surface area (Å²) in [5.41, 5.74) is 1.51. The zero-order valence-electron chi connectivity index (χ0n) is 17.6. The summed E-state index contributed by atoms with van der Waals surface area (Å²) in [7, 11) is 1.31. The van der Waals surface area contributed by atoms with E-state index in [-0.39, 0.29) is 12.0 Å². The summed E-state index contributed by atoms with van der Waals surface area (Å²) in [6, 6.07) is 12.4. The van der Waals surface area contributed by atoms with Gasteiger partial charge < -0.3 is 18.6 Å². The molecule has 6 nitrogen and oxygen atoms in total. The number of methoxy groups -OCH3 is 1. The Kier molecular flexibility index (Phi) is 6.55. The molecule has 0 aliphatic heterocycles. The fraction of sp³-hybridized carbons (Fsp3) is 0.360. The molecule has 2 aromatic carbocycles. The van der Waals surface area contributed by atoms with Crippen molar-refractivity contribution in [2.24, 2.45) is 5.92 Å². The van der Waals surface area contributed by atoms with E-state index < -0.39 is 5.97 Å². The molecule has 1 aromatic heterocycles. The van der Waals surface area contributed by atoms with Gasteiger partial charge in [-0.15, -0.1) is 0 Å². The monoisotopic (exact) mass is 422 g/mol. The van der Waals surface area contributed by atoms with Crippen molar-refractivity contribution in [2.75, 3.05) is 20.3 Å². The average molecular weight is 422 g/mol. The average Bonchev–Trinajstić information content (AvgIpc) is 2.82. The van der Waals surface area contributed by atoms with Gasteiger partial charge in [-0.25, -0.2) is 4.79 Å². The second-order valence-corrected chi connectivity index (χ2v) is 7.81. The van der Waals surface area contributed by atoms with Gasteiger partial charge in [0.2, 0.25) is 5.43 Å². The Morgan fingerprint density at radius 3 is 2.55 bits per heavy atom. The van der Waals surface area contributed by atoms with Gasteiger partial charge in [-0.05, 0) is 48.6 Å². The topological polar surface area (TPSA) is 75.0 Å². The number of ether oxygens (including phenoxy) is 3. The summed E-state index contributed by atoms with van der Waals surface area (Å²) in [5.74, 6) is 1.16. The van der Waals surface area contributed by atoms with E-state index in [0.717, 1.165) is 0 Å². The molecule has 0 radical (unpaired) electrons. The van der Waals surface area contributed by atoms with Gasteiger partial charge in [0.1, 0.15) is 28.7 Å². The van der Waals surface area contributed by atoms with Crippen molar-refractivity contribution < 1.29 is 23.4 Å². The van der Waals surface area contributed by atoms with Crippen LogP contribution in [0.3, 0.4) is 0 Å². The van der Waals surface area contributed by atoms with Crippen molar-refractivity contribution in [3.05, 3.63) is 59.0 Å². The van der Waals surface area contributed by atoms with Crippen molar-refractivity contribution in [2.45, 2.75) is 32.1 Å². The number of fused-ring (bicyclic) bond motifs is 1. The van der Waals surface area contributed by atoms with Crippen LogP contribution >= 0.6 is 0 Å². The zero-order valence-corrected chi connectivity index (χ0v) is 17.6. The van der Waals surface area contributed by atoms with Crippen LogP contribution in [-0.4, -0.2) is 26.3 Å². The lowest BCUT2D eigenvalue weighted by Gasteiger charge is -2.22. The fourth-order valence-electron chi connectivity index (χ4n) is 3.96. The summed E-state index contributed by atoms with van der Waals surface area (Å²) in [6.45, 7) is 0.449. The summed E-state index contributed by atoms with van der Waals surface area (Å²) in [5, 5.41) is 0.460. The molecule has 3 aromatic rings. The summed E-state index contributed by atoms with van der Waals surface area (Å²) >= 11 is 0. The van der Waals surface area contributed by atoms with Gasteiger partial charge in [0.25, 0.3) is 0 Å². The number of carbonyl (C=O) groups is 1. The molecule has 1 fully saturated rings. The lowest BCUT2D eigenvalue weighted by atomic mass is 9.90. The first-order chi connectivity index (χ1) is 15.2. The Hall–Kier alpha value is -3.28. The molecular formula is C25H26O6. The Balaban J connectivity index is 1.58. The Bertz CT molecular complexity index is 1090. The molecule has 1 aliphatic rings. The first kappa shape index (κ1) is 21.0. The third-order valence-corrected chi connectivity index (χ3v) is 5.71. The van der Waals surface area contributed by atoms with Crippen LogP contribution in [0.15, 0.2) is 57.9 Å². The molecule has 0 saturated heterocycles. The highest BCUT2D eigenvalue weighted by Gasteiger charge is 2.17. The molecule has 0 N–H and O–H groups in total. The van der Waals surface area contributed by atoms with Crippen LogP contribution in [0.2, 0.25) is 0 Å². The molecule has 0 amide bonds. The molecule has 4 rings (SSSR count). The van der Waals surface area contributed by atoms with Crippen molar-refractivity contribution in [3.8, 4) is 22.6 Å². The molecule has 0 unspecified atom stereocenters. The second-order valence-electron chi connectivity index (χ2n) is 7.81. The molecule has 0 atom stereocenters. The van der Waals surface area contributed by atoms with Crippen molar-refractivity contribution in [3.63, 3.8) is 0 Å². The van der Waals surface area contributed by atoms with Crippen molar-refractivity contribution >= 4 is 16.9 Å². The smallest absolute Gasteiger partial charge is 0.343 e. The standard InChI is InChI=1S/C25H26O6/c1-28-23(26)16-29-19-12-10-18(11-13-19)20-15-31-22-9-5-8-21(24(22)25(20)27)30-14-17-6-3-2-4-7-17/h5,8-13,15,17H,2-4,6-7,14,16H2,1H3. The lowest BCUT2D eigenvalue weighted by molar-refractivity contribution is -0.142. The van der Waals surface area contributed by atoms with Gasteiger partial charge in [-0.1, -0.05) is 37.5 Å². The van der Waals surface area contributed by atoms with E-state index in [2.05, 4.69) is 4.74 Å².